The number of imide groups is 1. The Kier molecular flexibility index (Phi) is 8.69. The lowest BCUT2D eigenvalue weighted by molar-refractivity contribution is -0.142. The smallest absolute Gasteiger partial charge is 0.420 e. The molecule has 0 saturated heterocycles. The van der Waals surface area contributed by atoms with E-state index in [2.05, 4.69) is 17.1 Å². The average molecular weight is 619 g/mol. The van der Waals surface area contributed by atoms with Crippen molar-refractivity contribution < 1.29 is 29.0 Å². The standard InChI is InChI=1S/C36H34N4O6/c37-34(38)39-18-8-17-32(33(41)42)40(35(43)45-20-23-10-7-16-25-24-11-2-1-9-22(24)19-30(23)25)36(44)46-21-31-28-14-5-3-12-26(28)27-13-4-6-15-29(27)31/h1-7,9-16,31-32H,8,17-21H2,(H,41,42)(H4,37,38,39)/t32-/m0/s1. The molecule has 1 atom stereocenters. The molecule has 10 nitrogen and oxygen atoms in total. The van der Waals surface area contributed by atoms with E-state index in [1.165, 1.54) is 5.56 Å². The Balaban J connectivity index is 1.22. The van der Waals surface area contributed by atoms with Crippen molar-refractivity contribution in [2.24, 2.45) is 16.5 Å². The number of rotatable bonds is 10. The molecule has 5 N–H and O–H groups in total. The predicted octanol–water partition coefficient (Wildman–Crippen LogP) is 5.65. The Bertz CT molecular complexity index is 1790. The number of nitrogens with zero attached hydrogens (tertiary/aromatic N) is 2. The SMILES string of the molecule is NC(N)=NCCC[C@@H](C(=O)O)N(C(=O)OCc1cccc2c1Cc1ccccc1-2)C(=O)OCC1c2ccccc2-c2ccccc21. The van der Waals surface area contributed by atoms with Crippen LogP contribution in [0.25, 0.3) is 22.3 Å². The number of aliphatic carboxylic acids is 1. The van der Waals surface area contributed by atoms with Crippen LogP contribution in [0, 0.1) is 0 Å². The van der Waals surface area contributed by atoms with E-state index >= 15 is 0 Å². The third-order valence-electron chi connectivity index (χ3n) is 8.56. The van der Waals surface area contributed by atoms with Crippen molar-refractivity contribution >= 4 is 24.1 Å². The first-order chi connectivity index (χ1) is 22.3. The maximum Gasteiger partial charge on any atom is 0.420 e. The summed E-state index contributed by atoms with van der Waals surface area (Å²) in [6.45, 7) is -0.124. The number of carbonyl (C=O) groups is 3. The molecule has 4 aromatic rings. The molecule has 6 rings (SSSR count). The van der Waals surface area contributed by atoms with E-state index in [0.717, 1.165) is 44.5 Å². The second-order valence-electron chi connectivity index (χ2n) is 11.3. The minimum Gasteiger partial charge on any atom is -0.480 e. The van der Waals surface area contributed by atoms with E-state index in [9.17, 15) is 19.5 Å². The number of amides is 2. The minimum absolute atomic E-state index is 0.0958. The summed E-state index contributed by atoms with van der Waals surface area (Å²) in [7, 11) is 0. The number of guanidine groups is 1. The van der Waals surface area contributed by atoms with Gasteiger partial charge in [0.25, 0.3) is 0 Å². The van der Waals surface area contributed by atoms with Crippen molar-refractivity contribution in [1.29, 1.82) is 0 Å². The summed E-state index contributed by atoms with van der Waals surface area (Å²) in [6, 6.07) is 28.0. The molecular weight excluding hydrogens is 584 g/mol. The molecule has 0 bridgehead atoms. The zero-order valence-electron chi connectivity index (χ0n) is 25.1. The molecule has 0 aromatic heterocycles. The Morgan fingerprint density at radius 1 is 0.804 bits per heavy atom. The average Bonchev–Trinajstić information content (AvgIpc) is 3.60. The summed E-state index contributed by atoms with van der Waals surface area (Å²) in [6.07, 6.45) is -1.45. The summed E-state index contributed by atoms with van der Waals surface area (Å²) >= 11 is 0. The number of ether oxygens (including phenoxy) is 2. The van der Waals surface area contributed by atoms with Crippen LogP contribution in [-0.4, -0.2) is 53.3 Å². The lowest BCUT2D eigenvalue weighted by atomic mass is 9.98. The van der Waals surface area contributed by atoms with Crippen LogP contribution < -0.4 is 11.5 Å². The first-order valence-electron chi connectivity index (χ1n) is 15.1. The molecule has 0 saturated carbocycles. The van der Waals surface area contributed by atoms with E-state index in [-0.39, 0.29) is 44.5 Å². The van der Waals surface area contributed by atoms with Crippen molar-refractivity contribution in [2.45, 2.75) is 37.8 Å². The number of hydrogen-bond acceptors (Lipinski definition) is 6. The van der Waals surface area contributed by atoms with Gasteiger partial charge in [-0.15, -0.1) is 0 Å². The Hall–Kier alpha value is -5.64. The third kappa shape index (κ3) is 6.01. The Morgan fingerprint density at radius 3 is 2.09 bits per heavy atom. The van der Waals surface area contributed by atoms with E-state index in [1.807, 2.05) is 78.9 Å². The van der Waals surface area contributed by atoms with Crippen molar-refractivity contribution in [1.82, 2.24) is 4.90 Å². The van der Waals surface area contributed by atoms with Gasteiger partial charge in [-0.3, -0.25) is 4.99 Å². The molecule has 2 aliphatic carbocycles. The van der Waals surface area contributed by atoms with Crippen LogP contribution in [0.3, 0.4) is 0 Å². The van der Waals surface area contributed by atoms with Gasteiger partial charge in [0.2, 0.25) is 0 Å². The highest BCUT2D eigenvalue weighted by Gasteiger charge is 2.38. The zero-order chi connectivity index (χ0) is 32.2. The molecule has 2 aliphatic rings. The first-order valence-corrected chi connectivity index (χ1v) is 15.1. The maximum atomic E-state index is 13.7. The highest BCUT2D eigenvalue weighted by Crippen LogP contribution is 2.44. The van der Waals surface area contributed by atoms with Gasteiger partial charge in [-0.05, 0) is 69.3 Å². The Labute approximate surface area is 266 Å². The van der Waals surface area contributed by atoms with E-state index in [1.54, 1.807) is 0 Å². The number of hydrogen-bond donors (Lipinski definition) is 3. The molecule has 4 aromatic carbocycles. The fourth-order valence-corrected chi connectivity index (χ4v) is 6.42. The molecule has 2 amide bonds. The van der Waals surface area contributed by atoms with Gasteiger partial charge in [-0.2, -0.15) is 4.90 Å². The fraction of sp³-hybridized carbons (Fsp3) is 0.222. The second-order valence-corrected chi connectivity index (χ2v) is 11.3. The fourth-order valence-electron chi connectivity index (χ4n) is 6.42. The lowest BCUT2D eigenvalue weighted by Gasteiger charge is -2.26. The second kappa shape index (κ2) is 13.2. The number of fused-ring (bicyclic) bond motifs is 6. The maximum absolute atomic E-state index is 13.7. The van der Waals surface area contributed by atoms with Gasteiger partial charge in [0.1, 0.15) is 19.3 Å². The highest BCUT2D eigenvalue weighted by molar-refractivity contribution is 5.93. The van der Waals surface area contributed by atoms with Crippen LogP contribution in [0.5, 0.6) is 0 Å². The van der Waals surface area contributed by atoms with Gasteiger partial charge >= 0.3 is 18.2 Å². The Morgan fingerprint density at radius 2 is 1.41 bits per heavy atom. The molecule has 0 heterocycles. The molecule has 46 heavy (non-hydrogen) atoms. The van der Waals surface area contributed by atoms with Crippen molar-refractivity contribution in [3.63, 3.8) is 0 Å². The van der Waals surface area contributed by atoms with Gasteiger partial charge < -0.3 is 26.0 Å². The van der Waals surface area contributed by atoms with Crippen LogP contribution in [0.15, 0.2) is 96.0 Å². The number of carboxylic acid groups (broad SMARTS) is 1. The van der Waals surface area contributed by atoms with Gasteiger partial charge in [-0.25, -0.2) is 14.4 Å². The summed E-state index contributed by atoms with van der Waals surface area (Å²) in [5.74, 6) is -1.81. The molecule has 0 unspecified atom stereocenters. The van der Waals surface area contributed by atoms with Crippen LogP contribution in [0.2, 0.25) is 0 Å². The topological polar surface area (TPSA) is 158 Å². The van der Waals surface area contributed by atoms with Crippen molar-refractivity contribution in [3.8, 4) is 22.3 Å². The molecular formula is C36H34N4O6. The van der Waals surface area contributed by atoms with Gasteiger partial charge in [0.05, 0.1) is 0 Å². The summed E-state index contributed by atoms with van der Waals surface area (Å²) in [5, 5.41) is 10.2. The molecule has 0 fully saturated rings. The quantitative estimate of drug-likeness (QED) is 0.103. The molecule has 0 radical (unpaired) electrons. The van der Waals surface area contributed by atoms with Crippen LogP contribution in [0.1, 0.15) is 46.6 Å². The molecule has 0 aliphatic heterocycles. The van der Waals surface area contributed by atoms with Crippen LogP contribution >= 0.6 is 0 Å². The van der Waals surface area contributed by atoms with Crippen LogP contribution in [-0.2, 0) is 27.3 Å². The number of benzene rings is 4. The summed E-state index contributed by atoms with van der Waals surface area (Å²) in [4.78, 5) is 44.2. The summed E-state index contributed by atoms with van der Waals surface area (Å²) < 4.78 is 11.4. The van der Waals surface area contributed by atoms with Gasteiger partial charge in [-0.1, -0.05) is 91.0 Å². The lowest BCUT2D eigenvalue weighted by Crippen LogP contribution is -2.49. The number of nitrogens with two attached hydrogens (primary N) is 2. The van der Waals surface area contributed by atoms with Crippen molar-refractivity contribution in [2.75, 3.05) is 13.2 Å². The molecule has 0 spiro atoms. The van der Waals surface area contributed by atoms with Gasteiger partial charge in [0, 0.05) is 12.5 Å². The molecule has 234 valence electrons. The molecule has 10 heteroatoms. The largest absolute Gasteiger partial charge is 0.480 e. The van der Waals surface area contributed by atoms with E-state index < -0.39 is 24.2 Å². The normalized spacial score (nSPS) is 13.0. The minimum atomic E-state index is -1.57. The number of aliphatic imine (C=N–C) groups is 1. The summed E-state index contributed by atoms with van der Waals surface area (Å²) in [5.41, 5.74) is 20.0. The number of carboxylic acids is 1. The van der Waals surface area contributed by atoms with Crippen molar-refractivity contribution in [3.05, 3.63) is 119 Å². The highest BCUT2D eigenvalue weighted by atomic mass is 16.6. The van der Waals surface area contributed by atoms with Gasteiger partial charge in [0.15, 0.2) is 5.96 Å². The van der Waals surface area contributed by atoms with Crippen LogP contribution in [0.4, 0.5) is 9.59 Å². The monoisotopic (exact) mass is 618 g/mol. The third-order valence-corrected chi connectivity index (χ3v) is 8.56. The van der Waals surface area contributed by atoms with E-state index in [4.69, 9.17) is 20.9 Å². The zero-order valence-corrected chi connectivity index (χ0v) is 25.1. The predicted molar refractivity (Wildman–Crippen MR) is 173 cm³/mol. The first kappa shape index (κ1) is 30.4. The van der Waals surface area contributed by atoms with E-state index in [0.29, 0.717) is 11.3 Å². The number of carbonyl (C=O) groups excluding carboxylic acids is 2.